The smallest absolute Gasteiger partial charge is 0.0159 e. The minimum absolute atomic E-state index is 0.00712. The van der Waals surface area contributed by atoms with E-state index in [4.69, 9.17) is 0 Å². The van der Waals surface area contributed by atoms with Gasteiger partial charge in [0.15, 0.2) is 0 Å². The lowest BCUT2D eigenvalue weighted by Gasteiger charge is -2.22. The van der Waals surface area contributed by atoms with Gasteiger partial charge in [-0.2, -0.15) is 0 Å². The molecule has 0 aromatic heterocycles. The number of benzene rings is 8. The first kappa shape index (κ1) is 26.5. The van der Waals surface area contributed by atoms with Gasteiger partial charge in [-0.25, -0.2) is 0 Å². The van der Waals surface area contributed by atoms with Crippen LogP contribution in [0.3, 0.4) is 0 Å². The number of hydrogen-bond donors (Lipinski definition) is 0. The molecule has 8 aromatic rings. The van der Waals surface area contributed by atoms with Crippen molar-refractivity contribution in [2.75, 3.05) is 0 Å². The second kappa shape index (κ2) is 9.64. The van der Waals surface area contributed by atoms with Crippen LogP contribution in [0.1, 0.15) is 25.0 Å². The van der Waals surface area contributed by atoms with Gasteiger partial charge < -0.3 is 0 Å². The van der Waals surface area contributed by atoms with E-state index in [1.807, 2.05) is 0 Å². The first-order valence-electron chi connectivity index (χ1n) is 16.6. The fourth-order valence-electron chi connectivity index (χ4n) is 8.33. The molecule has 0 aliphatic heterocycles. The van der Waals surface area contributed by atoms with Crippen molar-refractivity contribution in [3.05, 3.63) is 169 Å². The third kappa shape index (κ3) is 3.88. The molecule has 2 aliphatic carbocycles. The van der Waals surface area contributed by atoms with Gasteiger partial charge in [0, 0.05) is 5.41 Å². The molecule has 0 atom stereocenters. The summed E-state index contributed by atoms with van der Waals surface area (Å²) in [4.78, 5) is 0. The molecule has 0 heterocycles. The zero-order chi connectivity index (χ0) is 31.3. The van der Waals surface area contributed by atoms with Crippen LogP contribution in [-0.2, 0) is 5.41 Å². The lowest BCUT2D eigenvalue weighted by atomic mass is 9.81. The van der Waals surface area contributed by atoms with E-state index in [1.54, 1.807) is 0 Å². The molecule has 10 rings (SSSR count). The number of hydrogen-bond acceptors (Lipinski definition) is 0. The summed E-state index contributed by atoms with van der Waals surface area (Å²) in [5.41, 5.74) is 18.5. The molecule has 47 heavy (non-hydrogen) atoms. The predicted octanol–water partition coefficient (Wildman–Crippen LogP) is 12.9. The first-order valence-corrected chi connectivity index (χ1v) is 16.6. The summed E-state index contributed by atoms with van der Waals surface area (Å²) in [6.45, 7) is 4.69. The molecule has 0 radical (unpaired) electrons. The zero-order valence-corrected chi connectivity index (χ0v) is 26.5. The predicted molar refractivity (Wildman–Crippen MR) is 200 cm³/mol. The molecule has 0 heteroatoms. The summed E-state index contributed by atoms with van der Waals surface area (Å²) >= 11 is 0. The monoisotopic (exact) mass is 596 g/mol. The Morgan fingerprint density at radius 3 is 1.53 bits per heavy atom. The fourth-order valence-corrected chi connectivity index (χ4v) is 8.33. The van der Waals surface area contributed by atoms with E-state index in [0.29, 0.717) is 0 Å². The largest absolute Gasteiger partial charge is 0.0619 e. The lowest BCUT2D eigenvalue weighted by Crippen LogP contribution is -2.14. The normalized spacial score (nSPS) is 13.5. The van der Waals surface area contributed by atoms with Crippen molar-refractivity contribution in [3.63, 3.8) is 0 Å². The molecule has 0 unspecified atom stereocenters. The van der Waals surface area contributed by atoms with Gasteiger partial charge in [-0.05, 0) is 130 Å². The molecule has 8 aromatic carbocycles. The molecule has 2 aliphatic rings. The highest BCUT2D eigenvalue weighted by molar-refractivity contribution is 6.16. The van der Waals surface area contributed by atoms with Crippen LogP contribution in [0.5, 0.6) is 0 Å². The molecule has 0 spiro atoms. The molecule has 0 saturated heterocycles. The molecule has 0 N–H and O–H groups in total. The fraction of sp³-hybridized carbons (Fsp3) is 0.0638. The summed E-state index contributed by atoms with van der Waals surface area (Å²) in [6, 6.07) is 58.9. The summed E-state index contributed by atoms with van der Waals surface area (Å²) in [5, 5.41) is 5.20. The molecule has 220 valence electrons. The van der Waals surface area contributed by atoms with Gasteiger partial charge in [-0.15, -0.1) is 0 Å². The average molecular weight is 597 g/mol. The van der Waals surface area contributed by atoms with E-state index < -0.39 is 0 Å². The lowest BCUT2D eigenvalue weighted by molar-refractivity contribution is 0.660. The molecule has 0 saturated carbocycles. The third-order valence-corrected chi connectivity index (χ3v) is 10.8. The third-order valence-electron chi connectivity index (χ3n) is 10.8. The Balaban J connectivity index is 0.968. The average Bonchev–Trinajstić information content (AvgIpc) is 3.57. The van der Waals surface area contributed by atoms with E-state index in [0.717, 1.165) is 0 Å². The van der Waals surface area contributed by atoms with Crippen molar-refractivity contribution in [1.82, 2.24) is 0 Å². The topological polar surface area (TPSA) is 0 Å². The SMILES string of the molecule is CC1(C)c2ccccc2-c2ccc(-c3ccc(-c4ccc5cc(-c6cc7c8c(cccc8c6)-c6ccccc6-7)ccc5c4)cc3)cc21. The van der Waals surface area contributed by atoms with Crippen molar-refractivity contribution < 1.29 is 0 Å². The summed E-state index contributed by atoms with van der Waals surface area (Å²) in [5.74, 6) is 0. The molecule has 0 amide bonds. The van der Waals surface area contributed by atoms with Gasteiger partial charge in [-0.1, -0.05) is 141 Å². The van der Waals surface area contributed by atoms with Crippen LogP contribution >= 0.6 is 0 Å². The Morgan fingerprint density at radius 1 is 0.298 bits per heavy atom. The number of rotatable bonds is 3. The second-order valence-electron chi connectivity index (χ2n) is 13.8. The minimum Gasteiger partial charge on any atom is -0.0619 e. The van der Waals surface area contributed by atoms with E-state index in [1.165, 1.54) is 99.4 Å². The maximum Gasteiger partial charge on any atom is 0.0159 e. The first-order chi connectivity index (χ1) is 23.0. The summed E-state index contributed by atoms with van der Waals surface area (Å²) in [7, 11) is 0. The highest BCUT2D eigenvalue weighted by Gasteiger charge is 2.35. The Hall–Kier alpha value is -5.72. The van der Waals surface area contributed by atoms with Gasteiger partial charge >= 0.3 is 0 Å². The molecule has 0 bridgehead atoms. The number of fused-ring (bicyclic) bond motifs is 7. The highest BCUT2D eigenvalue weighted by atomic mass is 14.4. The maximum absolute atomic E-state index is 2.40. The van der Waals surface area contributed by atoms with Crippen molar-refractivity contribution in [3.8, 4) is 66.8 Å². The van der Waals surface area contributed by atoms with Crippen LogP contribution in [0.4, 0.5) is 0 Å². The summed E-state index contributed by atoms with van der Waals surface area (Å²) < 4.78 is 0. The molecule has 0 fully saturated rings. The molecular weight excluding hydrogens is 565 g/mol. The second-order valence-corrected chi connectivity index (χ2v) is 13.8. The van der Waals surface area contributed by atoms with Gasteiger partial charge in [0.05, 0.1) is 0 Å². The van der Waals surface area contributed by atoms with Crippen LogP contribution in [-0.4, -0.2) is 0 Å². The zero-order valence-electron chi connectivity index (χ0n) is 26.5. The Kier molecular flexibility index (Phi) is 5.44. The van der Waals surface area contributed by atoms with Crippen LogP contribution in [0.15, 0.2) is 158 Å². The van der Waals surface area contributed by atoms with Crippen molar-refractivity contribution in [2.24, 2.45) is 0 Å². The van der Waals surface area contributed by atoms with Crippen LogP contribution in [0.2, 0.25) is 0 Å². The van der Waals surface area contributed by atoms with Gasteiger partial charge in [0.2, 0.25) is 0 Å². The van der Waals surface area contributed by atoms with Gasteiger partial charge in [0.25, 0.3) is 0 Å². The van der Waals surface area contributed by atoms with E-state index in [9.17, 15) is 0 Å². The van der Waals surface area contributed by atoms with E-state index in [-0.39, 0.29) is 5.41 Å². The van der Waals surface area contributed by atoms with Gasteiger partial charge in [0.1, 0.15) is 0 Å². The Labute approximate surface area is 275 Å². The van der Waals surface area contributed by atoms with Crippen LogP contribution in [0.25, 0.3) is 88.3 Å². The van der Waals surface area contributed by atoms with Gasteiger partial charge in [-0.3, -0.25) is 0 Å². The van der Waals surface area contributed by atoms with Crippen LogP contribution < -0.4 is 0 Å². The van der Waals surface area contributed by atoms with Crippen molar-refractivity contribution >= 4 is 21.5 Å². The standard InChI is InChI=1S/C47H32/c1-47(2)44-13-6-5-11-40(44)41-23-22-35(28-45(41)47)30-16-14-29(15-17-30)31-18-19-33-25-34(21-20-32(33)24-31)37-26-36-8-7-12-42-38-9-3-4-10-39(38)43(27-37)46(36)42/h3-28H,1-2H3. The van der Waals surface area contributed by atoms with E-state index in [2.05, 4.69) is 172 Å². The quantitative estimate of drug-likeness (QED) is 0.190. The molecular formula is C47H32. The minimum atomic E-state index is 0.00712. The highest BCUT2D eigenvalue weighted by Crippen LogP contribution is 2.50. The Morgan fingerprint density at radius 2 is 0.809 bits per heavy atom. The van der Waals surface area contributed by atoms with Crippen molar-refractivity contribution in [2.45, 2.75) is 19.3 Å². The van der Waals surface area contributed by atoms with Crippen molar-refractivity contribution in [1.29, 1.82) is 0 Å². The summed E-state index contributed by atoms with van der Waals surface area (Å²) in [6.07, 6.45) is 0. The van der Waals surface area contributed by atoms with Crippen LogP contribution in [0, 0.1) is 0 Å². The molecule has 0 nitrogen and oxygen atoms in total. The Bertz CT molecular complexity index is 2580. The maximum atomic E-state index is 2.40. The van der Waals surface area contributed by atoms with E-state index >= 15 is 0 Å².